The molecule has 6 heteroatoms. The number of aromatic nitrogens is 2. The third kappa shape index (κ3) is 2.48. The Morgan fingerprint density at radius 3 is 2.33 bits per heavy atom. The van der Waals surface area contributed by atoms with Gasteiger partial charge in [-0.1, -0.05) is 0 Å². The van der Waals surface area contributed by atoms with Crippen LogP contribution in [-0.4, -0.2) is 24.2 Å². The van der Waals surface area contributed by atoms with Gasteiger partial charge in [0.25, 0.3) is 0 Å². The van der Waals surface area contributed by atoms with Crippen molar-refractivity contribution in [3.8, 4) is 22.8 Å². The molecule has 18 heavy (non-hydrogen) atoms. The summed E-state index contributed by atoms with van der Waals surface area (Å²) in [6.07, 6.45) is 1.08. The lowest BCUT2D eigenvalue weighted by Crippen LogP contribution is -1.94. The molecule has 0 aliphatic rings. The van der Waals surface area contributed by atoms with Crippen molar-refractivity contribution in [3.63, 3.8) is 0 Å². The number of H-pyrrole nitrogens is 1. The molecule has 1 aromatic carbocycles. The van der Waals surface area contributed by atoms with E-state index in [0.29, 0.717) is 17.1 Å². The molecule has 0 atom stereocenters. The lowest BCUT2D eigenvalue weighted by molar-refractivity contribution is 0.394. The predicted octanol–water partition coefficient (Wildman–Crippen LogP) is 2.96. The van der Waals surface area contributed by atoms with Crippen LogP contribution in [0.25, 0.3) is 11.3 Å². The van der Waals surface area contributed by atoms with Crippen molar-refractivity contribution in [2.75, 3.05) is 14.2 Å². The van der Waals surface area contributed by atoms with Crippen LogP contribution in [-0.2, 0) is 0 Å². The summed E-state index contributed by atoms with van der Waals surface area (Å²) in [4.78, 5) is 6.38. The number of hydrogen-bond acceptors (Lipinski definition) is 4. The van der Waals surface area contributed by atoms with Crippen molar-refractivity contribution < 1.29 is 13.9 Å². The van der Waals surface area contributed by atoms with Gasteiger partial charge in [-0.3, -0.25) is 0 Å². The molecule has 0 bridgehead atoms. The molecule has 0 aliphatic heterocycles. The third-order valence-corrected chi connectivity index (χ3v) is 2.61. The topological polar surface area (TPSA) is 47.1 Å². The van der Waals surface area contributed by atoms with Crippen molar-refractivity contribution in [2.45, 2.75) is 0 Å². The summed E-state index contributed by atoms with van der Waals surface area (Å²) >= 11 is 4.89. The van der Waals surface area contributed by atoms with E-state index in [2.05, 4.69) is 9.97 Å². The zero-order valence-electron chi connectivity index (χ0n) is 9.86. The normalized spacial score (nSPS) is 10.2. The molecule has 0 amide bonds. The second-order valence-electron chi connectivity index (χ2n) is 3.51. The second-order valence-corrected chi connectivity index (χ2v) is 3.90. The number of methoxy groups -OCH3 is 2. The maximum absolute atomic E-state index is 13.7. The standard InChI is InChI=1S/C12H11FN2O2S/c1-16-8-3-7(4-9(5-8)17-2)11-10(13)6-14-12(18)15-11/h3-6H,1-2H3,(H,14,15,18). The van der Waals surface area contributed by atoms with Gasteiger partial charge in [0.15, 0.2) is 10.6 Å². The molecule has 0 unspecified atom stereocenters. The van der Waals surface area contributed by atoms with Crippen molar-refractivity contribution in [1.29, 1.82) is 0 Å². The number of halogens is 1. The summed E-state index contributed by atoms with van der Waals surface area (Å²) in [7, 11) is 3.06. The number of ether oxygens (including phenoxy) is 2. The van der Waals surface area contributed by atoms with E-state index in [1.807, 2.05) is 0 Å². The van der Waals surface area contributed by atoms with Crippen LogP contribution >= 0.6 is 12.2 Å². The van der Waals surface area contributed by atoms with E-state index >= 15 is 0 Å². The van der Waals surface area contributed by atoms with Gasteiger partial charge in [0, 0.05) is 11.6 Å². The Morgan fingerprint density at radius 1 is 1.17 bits per heavy atom. The maximum atomic E-state index is 13.7. The van der Waals surface area contributed by atoms with Crippen LogP contribution in [0.1, 0.15) is 0 Å². The van der Waals surface area contributed by atoms with Gasteiger partial charge in [-0.25, -0.2) is 9.37 Å². The first-order chi connectivity index (χ1) is 8.63. The van der Waals surface area contributed by atoms with Crippen LogP contribution in [0.15, 0.2) is 24.4 Å². The van der Waals surface area contributed by atoms with Crippen molar-refractivity contribution in [1.82, 2.24) is 9.97 Å². The molecule has 94 valence electrons. The SMILES string of the molecule is COc1cc(OC)cc(-c2[nH]c(=S)ncc2F)c1. The molecule has 1 aromatic heterocycles. The zero-order chi connectivity index (χ0) is 13.1. The molecule has 2 aromatic rings. The van der Waals surface area contributed by atoms with Crippen LogP contribution in [0.4, 0.5) is 4.39 Å². The molecule has 1 N–H and O–H groups in total. The first-order valence-electron chi connectivity index (χ1n) is 5.12. The molecule has 0 fully saturated rings. The van der Waals surface area contributed by atoms with Crippen LogP contribution in [0.3, 0.4) is 0 Å². The Balaban J connectivity index is 2.62. The second kappa shape index (κ2) is 5.14. The van der Waals surface area contributed by atoms with Crippen LogP contribution in [0.5, 0.6) is 11.5 Å². The Kier molecular flexibility index (Phi) is 3.57. The van der Waals surface area contributed by atoms with E-state index < -0.39 is 5.82 Å². The van der Waals surface area contributed by atoms with Gasteiger partial charge >= 0.3 is 0 Å². The van der Waals surface area contributed by atoms with Crippen molar-refractivity contribution in [2.24, 2.45) is 0 Å². The predicted molar refractivity (Wildman–Crippen MR) is 67.9 cm³/mol. The molecule has 1 heterocycles. The molecular formula is C12H11FN2O2S. The van der Waals surface area contributed by atoms with E-state index in [4.69, 9.17) is 21.7 Å². The molecule has 2 rings (SSSR count). The summed E-state index contributed by atoms with van der Waals surface area (Å²) in [6.45, 7) is 0. The third-order valence-electron chi connectivity index (χ3n) is 2.41. The summed E-state index contributed by atoms with van der Waals surface area (Å²) in [5.74, 6) is 0.652. The van der Waals surface area contributed by atoms with Crippen LogP contribution < -0.4 is 9.47 Å². The summed E-state index contributed by atoms with van der Waals surface area (Å²) in [5.41, 5.74) is 0.837. The lowest BCUT2D eigenvalue weighted by Gasteiger charge is -2.09. The van der Waals surface area contributed by atoms with E-state index in [0.717, 1.165) is 6.20 Å². The van der Waals surface area contributed by atoms with Gasteiger partial charge < -0.3 is 14.5 Å². The van der Waals surface area contributed by atoms with Gasteiger partial charge in [0.05, 0.1) is 26.1 Å². The lowest BCUT2D eigenvalue weighted by atomic mass is 10.1. The molecule has 0 aliphatic carbocycles. The number of nitrogens with zero attached hydrogens (tertiary/aromatic N) is 1. The average Bonchev–Trinajstić information content (AvgIpc) is 2.40. The maximum Gasteiger partial charge on any atom is 0.197 e. The summed E-state index contributed by atoms with van der Waals surface area (Å²) < 4.78 is 24.2. The van der Waals surface area contributed by atoms with Crippen molar-refractivity contribution >= 4 is 12.2 Å². The Morgan fingerprint density at radius 2 is 1.78 bits per heavy atom. The first kappa shape index (κ1) is 12.5. The van der Waals surface area contributed by atoms with Gasteiger partial charge in [-0.15, -0.1) is 0 Å². The fourth-order valence-electron chi connectivity index (χ4n) is 1.54. The minimum Gasteiger partial charge on any atom is -0.497 e. The molecule has 0 radical (unpaired) electrons. The van der Waals surface area contributed by atoms with E-state index in [1.165, 1.54) is 14.2 Å². The molecule has 0 saturated heterocycles. The monoisotopic (exact) mass is 266 g/mol. The number of rotatable bonds is 3. The van der Waals surface area contributed by atoms with Gasteiger partial charge in [0.2, 0.25) is 0 Å². The highest BCUT2D eigenvalue weighted by molar-refractivity contribution is 7.71. The summed E-state index contributed by atoms with van der Waals surface area (Å²) in [6, 6.07) is 5.08. The molecule has 4 nitrogen and oxygen atoms in total. The zero-order valence-corrected chi connectivity index (χ0v) is 10.7. The number of hydrogen-bond donors (Lipinski definition) is 1. The first-order valence-corrected chi connectivity index (χ1v) is 5.53. The van der Waals surface area contributed by atoms with Crippen molar-refractivity contribution in [3.05, 3.63) is 35.0 Å². The largest absolute Gasteiger partial charge is 0.497 e. The van der Waals surface area contributed by atoms with E-state index in [-0.39, 0.29) is 10.5 Å². The van der Waals surface area contributed by atoms with Crippen LogP contribution in [0.2, 0.25) is 0 Å². The number of nitrogens with one attached hydrogen (secondary N) is 1. The fraction of sp³-hybridized carbons (Fsp3) is 0.167. The Hall–Kier alpha value is -1.95. The van der Waals surface area contributed by atoms with E-state index in [9.17, 15) is 4.39 Å². The quantitative estimate of drug-likeness (QED) is 0.868. The average molecular weight is 266 g/mol. The highest BCUT2D eigenvalue weighted by Crippen LogP contribution is 2.29. The number of benzene rings is 1. The molecule has 0 saturated carbocycles. The van der Waals surface area contributed by atoms with E-state index in [1.54, 1.807) is 18.2 Å². The Bertz CT molecular complexity index is 605. The highest BCUT2D eigenvalue weighted by atomic mass is 32.1. The minimum atomic E-state index is -0.487. The Labute approximate surface area is 108 Å². The van der Waals surface area contributed by atoms with Gasteiger partial charge in [-0.2, -0.15) is 0 Å². The molecule has 0 spiro atoms. The smallest absolute Gasteiger partial charge is 0.197 e. The van der Waals surface area contributed by atoms with Gasteiger partial charge in [-0.05, 0) is 24.4 Å². The summed E-state index contributed by atoms with van der Waals surface area (Å²) in [5, 5.41) is 0. The van der Waals surface area contributed by atoms with Gasteiger partial charge in [0.1, 0.15) is 11.5 Å². The number of aromatic amines is 1. The minimum absolute atomic E-state index is 0.216. The highest BCUT2D eigenvalue weighted by Gasteiger charge is 2.09. The van der Waals surface area contributed by atoms with Crippen LogP contribution in [0, 0.1) is 10.6 Å². The fourth-order valence-corrected chi connectivity index (χ4v) is 1.70. The molecular weight excluding hydrogens is 255 g/mol.